The summed E-state index contributed by atoms with van der Waals surface area (Å²) in [7, 11) is 0.950. The minimum absolute atomic E-state index is 0.0400. The van der Waals surface area contributed by atoms with Crippen molar-refractivity contribution in [2.45, 2.75) is 54.7 Å². The summed E-state index contributed by atoms with van der Waals surface area (Å²) in [4.78, 5) is 28.8. The average Bonchev–Trinajstić information content (AvgIpc) is 3.00. The van der Waals surface area contributed by atoms with Crippen LogP contribution in [0.2, 0.25) is 6.04 Å². The average molecular weight is 819 g/mol. The molecule has 278 valence electrons. The van der Waals surface area contributed by atoms with E-state index in [0.717, 1.165) is 6.07 Å². The molecule has 0 spiro atoms. The van der Waals surface area contributed by atoms with Crippen molar-refractivity contribution < 1.29 is 89.4 Å². The first-order chi connectivity index (χ1) is 22.3. The van der Waals surface area contributed by atoms with Gasteiger partial charge in [-0.2, -0.15) is 57.1 Å². The van der Waals surface area contributed by atoms with Crippen LogP contribution in [0.4, 0.5) is 61.9 Å². The Morgan fingerprint density at radius 3 is 1.92 bits per heavy atom. The molecule has 0 fully saturated rings. The molecule has 0 bridgehead atoms. The number of rotatable bonds is 16. The van der Waals surface area contributed by atoms with Crippen molar-refractivity contribution in [3.63, 3.8) is 0 Å². The van der Waals surface area contributed by atoms with Crippen LogP contribution in [0.3, 0.4) is 0 Å². The summed E-state index contributed by atoms with van der Waals surface area (Å²) in [6, 6.07) is 5.12. The summed E-state index contributed by atoms with van der Waals surface area (Å²) in [5.41, 5.74) is -1.03. The molecule has 9 nitrogen and oxygen atoms in total. The third kappa shape index (κ3) is 8.34. The standard InChI is InChI=1S/C25H24BrF13N2O7Si/c1-44-49(45-2,46-3)11-5-9-40-19(43)48-18(42)17-16(12-13-14(26)6-4-7-15(13)41-17)47-10-8-20(27,28)21(29,30)22(31,32)23(33,34)24(35,36)25(37,38)39/h4,6-7,12H,5,8-11H2,1-3H3,(H,40,43). The van der Waals surface area contributed by atoms with E-state index in [4.69, 9.17) is 18.0 Å². The van der Waals surface area contributed by atoms with Gasteiger partial charge in [-0.3, -0.25) is 0 Å². The van der Waals surface area contributed by atoms with Crippen LogP contribution in [0.25, 0.3) is 10.9 Å². The fraction of sp³-hybridized carbons (Fsp3) is 0.560. The van der Waals surface area contributed by atoms with Crippen LogP contribution < -0.4 is 10.1 Å². The number of hydrogen-bond acceptors (Lipinski definition) is 8. The predicted octanol–water partition coefficient (Wildman–Crippen LogP) is 7.64. The molecule has 49 heavy (non-hydrogen) atoms. The molecule has 0 unspecified atom stereocenters. The molecule has 0 atom stereocenters. The van der Waals surface area contributed by atoms with Gasteiger partial charge in [0.05, 0.1) is 18.5 Å². The Bertz CT molecular complexity index is 1490. The first-order valence-electron chi connectivity index (χ1n) is 13.1. The predicted molar refractivity (Wildman–Crippen MR) is 145 cm³/mol. The SMILES string of the molecule is CO[Si](CCCNC(=O)OC(=O)c1nc2cccc(Br)c2cc1OCCC(F)(F)C(F)(F)C(F)(F)C(F)(F)C(F)(F)C(F)(F)F)(OC)OC. The third-order valence-corrected chi connectivity index (χ3v) is 10.2. The molecule has 1 aromatic heterocycles. The van der Waals surface area contributed by atoms with Gasteiger partial charge in [-0.05, 0) is 24.6 Å². The van der Waals surface area contributed by atoms with Crippen molar-refractivity contribution in [3.05, 3.63) is 34.4 Å². The van der Waals surface area contributed by atoms with E-state index in [1.807, 2.05) is 0 Å². The fourth-order valence-electron chi connectivity index (χ4n) is 3.87. The zero-order chi connectivity index (χ0) is 37.9. The van der Waals surface area contributed by atoms with E-state index < -0.39 is 81.1 Å². The largest absolute Gasteiger partial charge is 0.500 e. The van der Waals surface area contributed by atoms with Crippen LogP contribution in [0.15, 0.2) is 28.7 Å². The monoisotopic (exact) mass is 818 g/mol. The molecule has 2 aromatic rings. The van der Waals surface area contributed by atoms with Crippen molar-refractivity contribution in [1.82, 2.24) is 10.3 Å². The number of hydrogen-bond donors (Lipinski definition) is 1. The number of alkyl carbamates (subject to hydrolysis) is 1. The number of pyridine rings is 1. The second-order valence-corrected chi connectivity index (χ2v) is 13.7. The highest BCUT2D eigenvalue weighted by molar-refractivity contribution is 9.10. The van der Waals surface area contributed by atoms with Crippen molar-refractivity contribution in [2.75, 3.05) is 34.5 Å². The van der Waals surface area contributed by atoms with Crippen molar-refractivity contribution in [2.24, 2.45) is 0 Å². The van der Waals surface area contributed by atoms with Gasteiger partial charge in [0.25, 0.3) is 0 Å². The molecule has 0 aliphatic rings. The lowest BCUT2D eigenvalue weighted by atomic mass is 9.93. The third-order valence-electron chi connectivity index (χ3n) is 6.68. The van der Waals surface area contributed by atoms with Crippen LogP contribution in [0.1, 0.15) is 23.3 Å². The van der Waals surface area contributed by atoms with Crippen LogP contribution in [0.5, 0.6) is 5.75 Å². The molecule has 1 aromatic carbocycles. The maximum atomic E-state index is 14.3. The Morgan fingerprint density at radius 2 is 1.39 bits per heavy atom. The van der Waals surface area contributed by atoms with Gasteiger partial charge in [-0.25, -0.2) is 14.6 Å². The normalized spacial score (nSPS) is 13.8. The van der Waals surface area contributed by atoms with E-state index >= 15 is 0 Å². The maximum absolute atomic E-state index is 14.3. The lowest BCUT2D eigenvalue weighted by Gasteiger charge is -2.39. The zero-order valence-electron chi connectivity index (χ0n) is 24.9. The first-order valence-corrected chi connectivity index (χ1v) is 15.8. The Balaban J connectivity index is 2.29. The van der Waals surface area contributed by atoms with E-state index in [9.17, 15) is 66.7 Å². The molecule has 1 amide bonds. The Labute approximate surface area is 276 Å². The van der Waals surface area contributed by atoms with Crippen LogP contribution in [-0.2, 0) is 18.0 Å². The molecule has 0 aliphatic carbocycles. The fourth-order valence-corrected chi connectivity index (χ4v) is 6.06. The molecular formula is C25H24BrF13N2O7Si. The summed E-state index contributed by atoms with van der Waals surface area (Å²) >= 11 is 3.08. The van der Waals surface area contributed by atoms with Crippen molar-refractivity contribution >= 4 is 47.7 Å². The summed E-state index contributed by atoms with van der Waals surface area (Å²) in [5.74, 6) is -40.4. The molecule has 0 saturated heterocycles. The zero-order valence-corrected chi connectivity index (χ0v) is 27.5. The summed E-state index contributed by atoms with van der Waals surface area (Å²) in [5, 5.41) is 2.22. The van der Waals surface area contributed by atoms with E-state index in [-0.39, 0.29) is 34.4 Å². The van der Waals surface area contributed by atoms with Gasteiger partial charge in [-0.1, -0.05) is 22.0 Å². The van der Waals surface area contributed by atoms with E-state index in [1.54, 1.807) is 0 Å². The highest BCUT2D eigenvalue weighted by Gasteiger charge is 2.90. The second kappa shape index (κ2) is 15.1. The lowest BCUT2D eigenvalue weighted by Crippen LogP contribution is -2.70. The molecular weight excluding hydrogens is 795 g/mol. The summed E-state index contributed by atoms with van der Waals surface area (Å²) in [6.45, 7) is -2.02. The molecule has 0 radical (unpaired) electrons. The van der Waals surface area contributed by atoms with Gasteiger partial charge in [0.2, 0.25) is 0 Å². The number of nitrogens with one attached hydrogen (secondary N) is 1. The molecule has 24 heteroatoms. The van der Waals surface area contributed by atoms with Gasteiger partial charge in [0.1, 0.15) is 0 Å². The van der Waals surface area contributed by atoms with Crippen molar-refractivity contribution in [1.29, 1.82) is 0 Å². The Kier molecular flexibility index (Phi) is 13.0. The Morgan fingerprint density at radius 1 is 0.837 bits per heavy atom. The van der Waals surface area contributed by atoms with Crippen molar-refractivity contribution in [3.8, 4) is 5.75 Å². The van der Waals surface area contributed by atoms with Crippen LogP contribution >= 0.6 is 15.9 Å². The van der Waals surface area contributed by atoms with E-state index in [0.29, 0.717) is 0 Å². The first kappa shape index (κ1) is 42.2. The number of ether oxygens (including phenoxy) is 2. The number of amides is 1. The smallest absolute Gasteiger partial charge is 0.491 e. The molecule has 0 saturated carbocycles. The molecule has 2 rings (SSSR count). The molecule has 1 heterocycles. The van der Waals surface area contributed by atoms with Gasteiger partial charge >= 0.3 is 56.7 Å². The van der Waals surface area contributed by atoms with E-state index in [1.165, 1.54) is 39.5 Å². The number of halogens is 14. The Hall–Kier alpha value is -2.96. The van der Waals surface area contributed by atoms with Crippen LogP contribution in [0, 0.1) is 0 Å². The second-order valence-electron chi connectivity index (χ2n) is 9.74. The van der Waals surface area contributed by atoms with Gasteiger partial charge < -0.3 is 28.1 Å². The molecule has 0 aliphatic heterocycles. The number of nitrogens with zero attached hydrogens (tertiary/aromatic N) is 1. The highest BCUT2D eigenvalue weighted by atomic mass is 79.9. The van der Waals surface area contributed by atoms with Crippen LogP contribution in [-0.4, -0.2) is 96.1 Å². The van der Waals surface area contributed by atoms with Gasteiger partial charge in [-0.15, -0.1) is 0 Å². The number of carbonyl (C=O) groups excluding carboxylic acids is 2. The highest BCUT2D eigenvalue weighted by Crippen LogP contribution is 2.60. The number of benzene rings is 1. The summed E-state index contributed by atoms with van der Waals surface area (Å²) in [6.07, 6.45) is -11.5. The van der Waals surface area contributed by atoms with E-state index in [2.05, 4.69) is 31.0 Å². The number of aromatic nitrogens is 1. The number of esters is 1. The minimum atomic E-state index is -8.06. The van der Waals surface area contributed by atoms with Gasteiger partial charge in [0.15, 0.2) is 11.4 Å². The quantitative estimate of drug-likeness (QED) is 0.0607. The number of fused-ring (bicyclic) bond motifs is 1. The minimum Gasteiger partial charge on any atom is -0.491 e. The number of alkyl halides is 13. The maximum Gasteiger partial charge on any atom is 0.500 e. The topological polar surface area (TPSA) is 105 Å². The summed E-state index contributed by atoms with van der Waals surface area (Å²) < 4.78 is 200. The number of carbonyl (C=O) groups is 2. The van der Waals surface area contributed by atoms with Gasteiger partial charge in [0, 0.05) is 43.8 Å². The molecule has 1 N–H and O–H groups in total. The lowest BCUT2D eigenvalue weighted by molar-refractivity contribution is -0.440.